The molecule has 2 aromatic rings. The summed E-state index contributed by atoms with van der Waals surface area (Å²) in [5, 5.41) is 3.82. The molecular weight excluding hydrogens is 376 g/mol. The standard InChI is InChI=1S/C22H25ClN2O3/c1-15-8-12-28-19(15)20(26)25-11-2-3-16(14-25)13-24-21(27)22(9-10-22)17-4-6-18(23)7-5-17/h4-8,12,16H,2-3,9-11,13-14H2,1H3,(H,24,27). The Bertz CT molecular complexity index is 870. The Balaban J connectivity index is 1.34. The Morgan fingerprint density at radius 3 is 2.64 bits per heavy atom. The van der Waals surface area contributed by atoms with Crippen LogP contribution >= 0.6 is 11.6 Å². The number of aryl methyl sites for hydroxylation is 1. The van der Waals surface area contributed by atoms with Crippen molar-refractivity contribution in [1.29, 1.82) is 0 Å². The summed E-state index contributed by atoms with van der Waals surface area (Å²) < 4.78 is 5.35. The largest absolute Gasteiger partial charge is 0.459 e. The Labute approximate surface area is 170 Å². The number of nitrogens with one attached hydrogen (secondary N) is 1. The number of carbonyl (C=O) groups excluding carboxylic acids is 2. The molecule has 1 aromatic carbocycles. The number of benzene rings is 1. The van der Waals surface area contributed by atoms with Gasteiger partial charge in [0.1, 0.15) is 0 Å². The minimum atomic E-state index is -0.403. The molecule has 1 saturated heterocycles. The molecule has 1 aromatic heterocycles. The number of halogens is 1. The van der Waals surface area contributed by atoms with Crippen molar-refractivity contribution in [3.05, 3.63) is 58.5 Å². The van der Waals surface area contributed by atoms with Gasteiger partial charge in [-0.1, -0.05) is 23.7 Å². The number of hydrogen-bond donors (Lipinski definition) is 1. The van der Waals surface area contributed by atoms with E-state index in [1.165, 1.54) is 0 Å². The zero-order chi connectivity index (χ0) is 19.7. The first kappa shape index (κ1) is 19.1. The van der Waals surface area contributed by atoms with Gasteiger partial charge in [-0.3, -0.25) is 9.59 Å². The number of rotatable bonds is 5. The number of amides is 2. The molecule has 2 amide bonds. The van der Waals surface area contributed by atoms with Crippen LogP contribution in [0.4, 0.5) is 0 Å². The molecule has 1 aliphatic heterocycles. The van der Waals surface area contributed by atoms with E-state index in [0.717, 1.165) is 43.4 Å². The van der Waals surface area contributed by atoms with Gasteiger partial charge in [0.05, 0.1) is 11.7 Å². The van der Waals surface area contributed by atoms with E-state index in [1.807, 2.05) is 36.1 Å². The number of nitrogens with zero attached hydrogens (tertiary/aromatic N) is 1. The highest BCUT2D eigenvalue weighted by Crippen LogP contribution is 2.48. The van der Waals surface area contributed by atoms with E-state index >= 15 is 0 Å². The zero-order valence-electron chi connectivity index (χ0n) is 16.0. The molecular formula is C22H25ClN2O3. The second-order valence-electron chi connectivity index (χ2n) is 7.99. The molecule has 5 nitrogen and oxygen atoms in total. The fraction of sp³-hybridized carbons (Fsp3) is 0.455. The van der Waals surface area contributed by atoms with Gasteiger partial charge in [0.15, 0.2) is 5.76 Å². The van der Waals surface area contributed by atoms with Crippen LogP contribution in [0.2, 0.25) is 5.02 Å². The van der Waals surface area contributed by atoms with Crippen molar-refractivity contribution in [3.63, 3.8) is 0 Å². The first-order valence-corrected chi connectivity index (χ1v) is 10.2. The Hall–Kier alpha value is -2.27. The highest BCUT2D eigenvalue weighted by atomic mass is 35.5. The van der Waals surface area contributed by atoms with E-state index in [4.69, 9.17) is 16.0 Å². The molecule has 28 heavy (non-hydrogen) atoms. The average molecular weight is 401 g/mol. The van der Waals surface area contributed by atoms with Crippen LogP contribution in [-0.2, 0) is 10.2 Å². The second-order valence-corrected chi connectivity index (χ2v) is 8.43. The molecule has 2 fully saturated rings. The van der Waals surface area contributed by atoms with Crippen LogP contribution in [0, 0.1) is 12.8 Å². The van der Waals surface area contributed by atoms with Crippen molar-refractivity contribution in [2.24, 2.45) is 5.92 Å². The maximum absolute atomic E-state index is 12.9. The predicted molar refractivity (Wildman–Crippen MR) is 107 cm³/mol. The smallest absolute Gasteiger partial charge is 0.289 e. The molecule has 1 saturated carbocycles. The highest BCUT2D eigenvalue weighted by molar-refractivity contribution is 6.30. The van der Waals surface area contributed by atoms with Crippen LogP contribution in [0.3, 0.4) is 0 Å². The van der Waals surface area contributed by atoms with Crippen LogP contribution in [0.25, 0.3) is 0 Å². The number of hydrogen-bond acceptors (Lipinski definition) is 3. The van der Waals surface area contributed by atoms with Gasteiger partial charge in [-0.05, 0) is 62.3 Å². The fourth-order valence-corrected chi connectivity index (χ4v) is 4.22. The molecule has 1 aliphatic carbocycles. The molecule has 1 unspecified atom stereocenters. The van der Waals surface area contributed by atoms with Crippen molar-refractivity contribution in [2.75, 3.05) is 19.6 Å². The van der Waals surface area contributed by atoms with Crippen molar-refractivity contribution >= 4 is 23.4 Å². The summed E-state index contributed by atoms with van der Waals surface area (Å²) in [5.41, 5.74) is 1.49. The Kier molecular flexibility index (Phi) is 5.19. The summed E-state index contributed by atoms with van der Waals surface area (Å²) in [5.74, 6) is 0.709. The summed E-state index contributed by atoms with van der Waals surface area (Å²) in [6.45, 7) is 3.85. The molecule has 148 valence electrons. The second kappa shape index (κ2) is 7.63. The third-order valence-corrected chi connectivity index (χ3v) is 6.25. The normalized spacial score (nSPS) is 20.6. The SMILES string of the molecule is Cc1ccoc1C(=O)N1CCCC(CNC(=O)C2(c3ccc(Cl)cc3)CC2)C1. The lowest BCUT2D eigenvalue weighted by molar-refractivity contribution is -0.123. The number of piperidine rings is 1. The molecule has 0 bridgehead atoms. The summed E-state index contributed by atoms with van der Waals surface area (Å²) in [4.78, 5) is 27.4. The molecule has 6 heteroatoms. The van der Waals surface area contributed by atoms with Crippen molar-refractivity contribution in [2.45, 2.75) is 38.0 Å². The average Bonchev–Trinajstić information content (AvgIpc) is 3.41. The van der Waals surface area contributed by atoms with Crippen LogP contribution in [0.1, 0.15) is 47.4 Å². The highest BCUT2D eigenvalue weighted by Gasteiger charge is 2.51. The van der Waals surface area contributed by atoms with Gasteiger partial charge in [0.2, 0.25) is 5.91 Å². The van der Waals surface area contributed by atoms with Crippen molar-refractivity contribution < 1.29 is 14.0 Å². The first-order chi connectivity index (χ1) is 13.5. The number of carbonyl (C=O) groups is 2. The zero-order valence-corrected chi connectivity index (χ0v) is 16.8. The molecule has 2 aliphatic rings. The molecule has 2 heterocycles. The molecule has 1 N–H and O–H groups in total. The Morgan fingerprint density at radius 1 is 1.25 bits per heavy atom. The van der Waals surface area contributed by atoms with Gasteiger partial charge < -0.3 is 14.6 Å². The van der Waals surface area contributed by atoms with E-state index < -0.39 is 5.41 Å². The predicted octanol–water partition coefficient (Wildman–Crippen LogP) is 3.94. The van der Waals surface area contributed by atoms with Gasteiger partial charge in [-0.25, -0.2) is 0 Å². The molecule has 0 radical (unpaired) electrons. The van der Waals surface area contributed by atoms with Crippen molar-refractivity contribution in [1.82, 2.24) is 10.2 Å². The van der Waals surface area contributed by atoms with E-state index in [1.54, 1.807) is 12.3 Å². The summed E-state index contributed by atoms with van der Waals surface area (Å²) in [6, 6.07) is 9.38. The van der Waals surface area contributed by atoms with Crippen LogP contribution in [-0.4, -0.2) is 36.3 Å². The van der Waals surface area contributed by atoms with Gasteiger partial charge in [0.25, 0.3) is 5.91 Å². The minimum absolute atomic E-state index is 0.0571. The van der Waals surface area contributed by atoms with Gasteiger partial charge in [-0.2, -0.15) is 0 Å². The van der Waals surface area contributed by atoms with Gasteiger partial charge >= 0.3 is 0 Å². The topological polar surface area (TPSA) is 62.6 Å². The van der Waals surface area contributed by atoms with Crippen LogP contribution in [0.5, 0.6) is 0 Å². The van der Waals surface area contributed by atoms with Crippen LogP contribution < -0.4 is 5.32 Å². The molecule has 4 rings (SSSR count). The maximum atomic E-state index is 12.9. The van der Waals surface area contributed by atoms with E-state index in [9.17, 15) is 9.59 Å². The van der Waals surface area contributed by atoms with Crippen LogP contribution in [0.15, 0.2) is 41.0 Å². The van der Waals surface area contributed by atoms with Gasteiger partial charge in [-0.15, -0.1) is 0 Å². The minimum Gasteiger partial charge on any atom is -0.459 e. The quantitative estimate of drug-likeness (QED) is 0.826. The molecule has 1 atom stereocenters. The lowest BCUT2D eigenvalue weighted by Gasteiger charge is -2.32. The van der Waals surface area contributed by atoms with Gasteiger partial charge in [0, 0.05) is 30.2 Å². The lowest BCUT2D eigenvalue weighted by Crippen LogP contribution is -2.45. The van der Waals surface area contributed by atoms with E-state index in [-0.39, 0.29) is 17.7 Å². The summed E-state index contributed by atoms with van der Waals surface area (Å²) in [7, 11) is 0. The molecule has 0 spiro atoms. The summed E-state index contributed by atoms with van der Waals surface area (Å²) >= 11 is 5.97. The fourth-order valence-electron chi connectivity index (χ4n) is 4.10. The monoisotopic (exact) mass is 400 g/mol. The lowest BCUT2D eigenvalue weighted by atomic mass is 9.93. The van der Waals surface area contributed by atoms with Crippen molar-refractivity contribution in [3.8, 4) is 0 Å². The van der Waals surface area contributed by atoms with E-state index in [2.05, 4.69) is 5.32 Å². The number of likely N-dealkylation sites (tertiary alicyclic amines) is 1. The summed E-state index contributed by atoms with van der Waals surface area (Å²) in [6.07, 6.45) is 5.24. The Morgan fingerprint density at radius 2 is 2.00 bits per heavy atom. The third kappa shape index (κ3) is 3.68. The number of furan rings is 1. The third-order valence-electron chi connectivity index (χ3n) is 6.00. The maximum Gasteiger partial charge on any atom is 0.289 e. The first-order valence-electron chi connectivity index (χ1n) is 9.87. The van der Waals surface area contributed by atoms with E-state index in [0.29, 0.717) is 23.9 Å².